The van der Waals surface area contributed by atoms with Crippen LogP contribution in [0.15, 0.2) is 12.2 Å². The third kappa shape index (κ3) is 11.4. The van der Waals surface area contributed by atoms with Crippen molar-refractivity contribution in [2.24, 2.45) is 70.8 Å². The summed E-state index contributed by atoms with van der Waals surface area (Å²) in [6, 6.07) is 0.363. The molecule has 0 radical (unpaired) electrons. The summed E-state index contributed by atoms with van der Waals surface area (Å²) in [5.41, 5.74) is 6.37. The monoisotopic (exact) mass is 792 g/mol. The average Bonchev–Trinajstić information content (AvgIpc) is 3.28. The summed E-state index contributed by atoms with van der Waals surface area (Å²) >= 11 is 0. The Morgan fingerprint density at radius 1 is 0.860 bits per heavy atom. The Morgan fingerprint density at radius 3 is 2.51 bits per heavy atom. The van der Waals surface area contributed by atoms with Crippen molar-refractivity contribution in [1.82, 2.24) is 10.6 Å². The Hall–Kier alpha value is -1.64. The second-order valence-corrected chi connectivity index (χ2v) is 20.1. The largest absolute Gasteiger partial charge is 0.393 e. The Balaban J connectivity index is 0.995. The van der Waals surface area contributed by atoms with E-state index in [-0.39, 0.29) is 41.7 Å². The number of carbonyl (C=O) groups is 2. The number of ether oxygens (including phenoxy) is 1. The van der Waals surface area contributed by atoms with Gasteiger partial charge in [0.2, 0.25) is 0 Å². The number of hydrogen-bond acceptors (Lipinski definition) is 9. The zero-order valence-corrected chi connectivity index (χ0v) is 35.1. The number of Topliss-reactive ketones (excluding diaryl/α,β-unsaturated/α-hetero) is 2. The molecular formula is C48H77N3O6. The van der Waals surface area contributed by atoms with Crippen LogP contribution in [0.5, 0.6) is 0 Å². The molecule has 9 nitrogen and oxygen atoms in total. The second-order valence-electron chi connectivity index (χ2n) is 20.1. The Kier molecular flexibility index (Phi) is 15.8. The SMILES string of the molecule is COC1CC2CCC(=O)[C@@H]([C@H](O)CC[C@@H]3CC[C@@H]4[C@H](CN[C@@H]5CC(=O)CC[C@@H]45)C3)C#C[C@@H](CC[C@H](O)C[C@H](C=CC3CCCCC3)C3CCNC(N)C3)C2CC1O. The first kappa shape index (κ1) is 43.4. The first-order chi connectivity index (χ1) is 27.6. The fourth-order valence-corrected chi connectivity index (χ4v) is 13.1. The number of piperidine rings is 2. The summed E-state index contributed by atoms with van der Waals surface area (Å²) in [7, 11) is 1.66. The number of carbonyl (C=O) groups excluding carboxylic acids is 2. The van der Waals surface area contributed by atoms with Crippen molar-refractivity contribution < 1.29 is 29.6 Å². The highest BCUT2D eigenvalue weighted by Gasteiger charge is 2.45. The lowest BCUT2D eigenvalue weighted by atomic mass is 9.61. The van der Waals surface area contributed by atoms with Gasteiger partial charge in [-0.1, -0.05) is 49.7 Å². The van der Waals surface area contributed by atoms with Gasteiger partial charge in [0.25, 0.3) is 0 Å². The van der Waals surface area contributed by atoms with E-state index < -0.39 is 24.2 Å². The molecule has 0 amide bonds. The van der Waals surface area contributed by atoms with Gasteiger partial charge in [0, 0.05) is 38.3 Å². The van der Waals surface area contributed by atoms with Crippen LogP contribution in [0.4, 0.5) is 0 Å². The summed E-state index contributed by atoms with van der Waals surface area (Å²) in [4.78, 5) is 26.0. The molecule has 7 rings (SSSR count). The molecular weight excluding hydrogens is 715 g/mol. The minimum atomic E-state index is -0.794. The van der Waals surface area contributed by atoms with E-state index in [9.17, 15) is 24.9 Å². The molecule has 320 valence electrons. The molecule has 16 atom stereocenters. The molecule has 9 heteroatoms. The van der Waals surface area contributed by atoms with Crippen molar-refractivity contribution in [3.63, 3.8) is 0 Å². The number of hydrogen-bond donors (Lipinski definition) is 6. The molecule has 7 aliphatic rings. The Labute approximate surface area is 343 Å². The van der Waals surface area contributed by atoms with Gasteiger partial charge in [0.15, 0.2) is 0 Å². The Morgan fingerprint density at radius 2 is 1.70 bits per heavy atom. The standard InChI is InChI=1S/C48H77N3O6/c1-57-47-25-35-13-20-45(55)41(44(54)19-9-31-8-16-39-36(23-31)29-51-43-27-38(53)15-18-40(39)43)17-12-32(42(35)28-46(47)56)11-14-37(52)24-33(34-21-22-50-48(49)26-34)10-7-30-5-3-2-4-6-30/h7,10,30-37,39-44,46-48,50-52,54,56H,2-6,8-9,11,13-16,18-29,49H2,1H3/t31-,32+,33-,34?,35?,36-,37-,39+,40-,41+,42?,43+,44+,46?,47?,48?/m0/s1. The molecule has 0 aromatic carbocycles. The van der Waals surface area contributed by atoms with Gasteiger partial charge in [0.1, 0.15) is 17.5 Å². The first-order valence-electron chi connectivity index (χ1n) is 23.7. The lowest BCUT2D eigenvalue weighted by Gasteiger charge is -2.49. The van der Waals surface area contributed by atoms with Crippen LogP contribution in [0.1, 0.15) is 141 Å². The number of allylic oxidation sites excluding steroid dienone is 2. The normalized spacial score (nSPS) is 41.0. The van der Waals surface area contributed by atoms with Gasteiger partial charge < -0.3 is 36.4 Å². The molecule has 6 unspecified atom stereocenters. The van der Waals surface area contributed by atoms with Crippen molar-refractivity contribution in [3.8, 4) is 11.8 Å². The quantitative estimate of drug-likeness (QED) is 0.0964. The fraction of sp³-hybridized carbons (Fsp3) is 0.875. The van der Waals surface area contributed by atoms with Crippen LogP contribution in [0.2, 0.25) is 0 Å². The highest BCUT2D eigenvalue weighted by molar-refractivity contribution is 5.84. The van der Waals surface area contributed by atoms with Crippen molar-refractivity contribution in [1.29, 1.82) is 0 Å². The molecule has 6 fully saturated rings. The van der Waals surface area contributed by atoms with E-state index in [0.29, 0.717) is 105 Å². The van der Waals surface area contributed by atoms with E-state index in [1.807, 2.05) is 0 Å². The fourth-order valence-electron chi connectivity index (χ4n) is 13.1. The van der Waals surface area contributed by atoms with E-state index >= 15 is 0 Å². The maximum Gasteiger partial charge on any atom is 0.150 e. The van der Waals surface area contributed by atoms with Crippen molar-refractivity contribution >= 4 is 11.6 Å². The van der Waals surface area contributed by atoms with Crippen LogP contribution < -0.4 is 16.4 Å². The number of ketones is 2. The van der Waals surface area contributed by atoms with Gasteiger partial charge in [-0.05, 0) is 163 Å². The number of rotatable bonds is 13. The van der Waals surface area contributed by atoms with E-state index in [4.69, 9.17) is 10.5 Å². The van der Waals surface area contributed by atoms with E-state index in [1.54, 1.807) is 7.11 Å². The maximum atomic E-state index is 13.9. The summed E-state index contributed by atoms with van der Waals surface area (Å²) in [5.74, 6) is 10.8. The minimum absolute atomic E-state index is 0.000171. The van der Waals surface area contributed by atoms with Crippen LogP contribution >= 0.6 is 0 Å². The van der Waals surface area contributed by atoms with Crippen molar-refractivity contribution in [3.05, 3.63) is 12.2 Å². The minimum Gasteiger partial charge on any atom is -0.393 e. The topological polar surface area (TPSA) is 154 Å². The van der Waals surface area contributed by atoms with Crippen LogP contribution in [0.25, 0.3) is 0 Å². The molecule has 2 aliphatic heterocycles. The van der Waals surface area contributed by atoms with Gasteiger partial charge in [-0.25, -0.2) is 0 Å². The van der Waals surface area contributed by atoms with Crippen molar-refractivity contribution in [2.75, 3.05) is 20.2 Å². The molecule has 2 saturated heterocycles. The number of nitrogens with two attached hydrogens (primary N) is 1. The highest BCUT2D eigenvalue weighted by Crippen LogP contribution is 2.47. The molecule has 4 saturated carbocycles. The van der Waals surface area contributed by atoms with E-state index in [1.165, 1.54) is 38.5 Å². The zero-order valence-electron chi connectivity index (χ0n) is 35.1. The van der Waals surface area contributed by atoms with E-state index in [2.05, 4.69) is 34.6 Å². The Bertz CT molecular complexity index is 1410. The van der Waals surface area contributed by atoms with Crippen LogP contribution in [0.3, 0.4) is 0 Å². The second kappa shape index (κ2) is 20.8. The highest BCUT2D eigenvalue weighted by atomic mass is 16.5. The smallest absolute Gasteiger partial charge is 0.150 e. The summed E-state index contributed by atoms with van der Waals surface area (Å²) in [5, 5.41) is 41.6. The first-order valence-corrected chi connectivity index (χ1v) is 23.7. The lowest BCUT2D eigenvalue weighted by molar-refractivity contribution is -0.125. The molecule has 57 heavy (non-hydrogen) atoms. The van der Waals surface area contributed by atoms with Gasteiger partial charge in [-0.15, -0.1) is 0 Å². The summed E-state index contributed by atoms with van der Waals surface area (Å²) in [6.07, 6.45) is 23.1. The number of nitrogens with one attached hydrogen (secondary N) is 2. The molecule has 2 heterocycles. The predicted molar refractivity (Wildman–Crippen MR) is 223 cm³/mol. The molecule has 7 N–H and O–H groups in total. The molecule has 0 bridgehead atoms. The zero-order chi connectivity index (χ0) is 39.9. The third-order valence-electron chi connectivity index (χ3n) is 16.5. The predicted octanol–water partition coefficient (Wildman–Crippen LogP) is 6.07. The average molecular weight is 792 g/mol. The van der Waals surface area contributed by atoms with Crippen molar-refractivity contribution in [2.45, 2.75) is 178 Å². The van der Waals surface area contributed by atoms with E-state index in [0.717, 1.165) is 58.0 Å². The van der Waals surface area contributed by atoms with Gasteiger partial charge in [-0.3, -0.25) is 9.59 Å². The van der Waals surface area contributed by atoms with Crippen LogP contribution in [-0.4, -0.2) is 83.7 Å². The summed E-state index contributed by atoms with van der Waals surface area (Å²) < 4.78 is 5.72. The lowest BCUT2D eigenvalue weighted by Crippen LogP contribution is -2.54. The molecule has 0 spiro atoms. The number of aliphatic hydroxyl groups excluding tert-OH is 3. The van der Waals surface area contributed by atoms with Gasteiger partial charge in [0.05, 0.1) is 30.6 Å². The van der Waals surface area contributed by atoms with Crippen LogP contribution in [-0.2, 0) is 14.3 Å². The van der Waals surface area contributed by atoms with Gasteiger partial charge >= 0.3 is 0 Å². The summed E-state index contributed by atoms with van der Waals surface area (Å²) in [6.45, 7) is 1.91. The molecule has 5 aliphatic carbocycles. The van der Waals surface area contributed by atoms with Crippen LogP contribution in [0, 0.1) is 76.9 Å². The molecule has 0 aromatic rings. The number of aliphatic hydroxyl groups is 3. The molecule has 0 aromatic heterocycles. The maximum absolute atomic E-state index is 13.9. The third-order valence-corrected chi connectivity index (χ3v) is 16.5. The van der Waals surface area contributed by atoms with Gasteiger partial charge in [-0.2, -0.15) is 0 Å². The number of methoxy groups -OCH3 is 1. The number of fused-ring (bicyclic) bond motifs is 4.